The van der Waals surface area contributed by atoms with Gasteiger partial charge in [0.2, 0.25) is 11.2 Å². The van der Waals surface area contributed by atoms with Gasteiger partial charge in [-0.1, -0.05) is 56.3 Å². The summed E-state index contributed by atoms with van der Waals surface area (Å²) in [6.45, 7) is 13.1. The third-order valence-corrected chi connectivity index (χ3v) is 9.68. The molecule has 4 heterocycles. The monoisotopic (exact) mass is 556 g/mol. The van der Waals surface area contributed by atoms with E-state index < -0.39 is 0 Å². The maximum atomic E-state index is 6.72. The van der Waals surface area contributed by atoms with Gasteiger partial charge >= 0.3 is 0 Å². The number of allylic oxidation sites excluding steroid dienone is 2. The van der Waals surface area contributed by atoms with Gasteiger partial charge < -0.3 is 13.9 Å². The summed E-state index contributed by atoms with van der Waals surface area (Å²) in [5.74, 6) is 0.825. The molecule has 4 nitrogen and oxygen atoms in total. The van der Waals surface area contributed by atoms with Gasteiger partial charge in [0, 0.05) is 47.7 Å². The van der Waals surface area contributed by atoms with E-state index in [9.17, 15) is 0 Å². The molecule has 6 aromatic rings. The molecule has 0 saturated carbocycles. The van der Waals surface area contributed by atoms with Gasteiger partial charge in [0.05, 0.1) is 28.4 Å². The van der Waals surface area contributed by atoms with Crippen molar-refractivity contribution >= 4 is 49.2 Å². The molecule has 1 atom stereocenters. The summed E-state index contributed by atoms with van der Waals surface area (Å²) in [6, 6.07) is 22.2. The lowest BCUT2D eigenvalue weighted by atomic mass is 9.74. The molecule has 0 amide bonds. The Bertz CT molecular complexity index is 2070. The summed E-state index contributed by atoms with van der Waals surface area (Å²) in [5.41, 5.74) is 10.3. The molecule has 7 rings (SSSR count). The number of methoxy groups -OCH3 is 1. The van der Waals surface area contributed by atoms with E-state index in [1.807, 2.05) is 26.2 Å². The zero-order chi connectivity index (χ0) is 29.3. The highest BCUT2D eigenvalue weighted by Crippen LogP contribution is 2.52. The quantitative estimate of drug-likeness (QED) is 0.0886. The zero-order valence-corrected chi connectivity index (χ0v) is 25.6. The van der Waals surface area contributed by atoms with E-state index in [1.165, 1.54) is 66.0 Å². The minimum Gasteiger partial charge on any atom is -0.469 e. The molecule has 0 N–H and O–H groups in total. The molecule has 0 fully saturated rings. The molecule has 0 aliphatic carbocycles. The molecule has 3 aromatic carbocycles. The molecule has 0 saturated heterocycles. The van der Waals surface area contributed by atoms with Gasteiger partial charge in [-0.15, -0.1) is 0 Å². The van der Waals surface area contributed by atoms with Crippen LogP contribution in [0.1, 0.15) is 57.2 Å². The number of hydrogen-bond acceptors (Lipinski definition) is 3. The second-order valence-corrected chi connectivity index (χ2v) is 11.8. The Labute approximate surface area is 247 Å². The maximum absolute atomic E-state index is 6.72. The molecule has 212 valence electrons. The number of rotatable bonds is 6. The average molecular weight is 557 g/mol. The van der Waals surface area contributed by atoms with Crippen LogP contribution in [0, 0.1) is 13.8 Å². The molecule has 1 aliphatic rings. The Balaban J connectivity index is 1.67. The summed E-state index contributed by atoms with van der Waals surface area (Å²) in [6.07, 6.45) is 5.80. The van der Waals surface area contributed by atoms with Gasteiger partial charge in [0.25, 0.3) is 0 Å². The molecule has 0 spiro atoms. The van der Waals surface area contributed by atoms with Crippen molar-refractivity contribution in [3.8, 4) is 11.3 Å². The molecule has 3 aromatic heterocycles. The van der Waals surface area contributed by atoms with Crippen LogP contribution >= 0.6 is 0 Å². The minimum absolute atomic E-state index is 0.0233. The van der Waals surface area contributed by atoms with Crippen molar-refractivity contribution in [1.29, 1.82) is 0 Å². The van der Waals surface area contributed by atoms with Gasteiger partial charge in [0.15, 0.2) is 5.54 Å². The van der Waals surface area contributed by atoms with Crippen molar-refractivity contribution < 1.29 is 18.5 Å². The summed E-state index contributed by atoms with van der Waals surface area (Å²) < 4.78 is 21.2. The Kier molecular flexibility index (Phi) is 6.18. The SMILES string of the molecule is CCC1(CC)C(=COC(C)=CC(C)OC)c2ccccc2-c2c3c4oc(c5ccccc54)c3c3cc(C)c(C)cc3[n+]21. The molecule has 4 heteroatoms. The lowest BCUT2D eigenvalue weighted by Crippen LogP contribution is -2.60. The first-order chi connectivity index (χ1) is 20.3. The largest absolute Gasteiger partial charge is 0.469 e. The lowest BCUT2D eigenvalue weighted by molar-refractivity contribution is -0.717. The maximum Gasteiger partial charge on any atom is 0.226 e. The van der Waals surface area contributed by atoms with Gasteiger partial charge in [-0.2, -0.15) is 4.57 Å². The number of benzene rings is 4. The van der Waals surface area contributed by atoms with E-state index in [-0.39, 0.29) is 11.6 Å². The summed E-state index contributed by atoms with van der Waals surface area (Å²) in [4.78, 5) is 0. The van der Waals surface area contributed by atoms with Gasteiger partial charge in [0.1, 0.15) is 22.8 Å². The van der Waals surface area contributed by atoms with E-state index in [4.69, 9.17) is 13.9 Å². The van der Waals surface area contributed by atoms with Crippen molar-refractivity contribution in [1.82, 2.24) is 0 Å². The van der Waals surface area contributed by atoms with Crippen LogP contribution in [0.2, 0.25) is 0 Å². The Morgan fingerprint density at radius 1 is 0.881 bits per heavy atom. The fourth-order valence-corrected chi connectivity index (χ4v) is 7.30. The van der Waals surface area contributed by atoms with E-state index >= 15 is 0 Å². The molecular formula is C38H38NO3+. The topological polar surface area (TPSA) is 35.5 Å². The predicted octanol–water partition coefficient (Wildman–Crippen LogP) is 9.73. The lowest BCUT2D eigenvalue weighted by Gasteiger charge is -2.36. The zero-order valence-electron chi connectivity index (χ0n) is 25.6. The summed E-state index contributed by atoms with van der Waals surface area (Å²) in [7, 11) is 1.72. The Hall–Kier alpha value is -4.15. The van der Waals surface area contributed by atoms with E-state index in [1.54, 1.807) is 7.11 Å². The number of nitrogens with zero attached hydrogens (tertiary/aromatic N) is 1. The number of aryl methyl sites for hydroxylation is 2. The first kappa shape index (κ1) is 26.7. The summed E-state index contributed by atoms with van der Waals surface area (Å²) in [5, 5.41) is 6.04. The van der Waals surface area contributed by atoms with Crippen molar-refractivity contribution in [2.24, 2.45) is 0 Å². The van der Waals surface area contributed by atoms with Crippen LogP contribution in [0.25, 0.3) is 60.4 Å². The fraction of sp³-hybridized carbons (Fsp3) is 0.289. The molecule has 1 aliphatic heterocycles. The van der Waals surface area contributed by atoms with Crippen molar-refractivity contribution in [2.75, 3.05) is 7.11 Å². The third-order valence-electron chi connectivity index (χ3n) is 9.68. The van der Waals surface area contributed by atoms with Crippen LogP contribution in [0.4, 0.5) is 0 Å². The standard InChI is InChI=1S/C38H38NO3/c1-8-38(9-2)31(21-41-25(6)20-24(5)40-7)26-14-10-11-15-27(26)35-34-33(30-18-22(3)23(4)19-32(30)39(35)38)36-28-16-12-13-17-29(28)37(34)42-36/h10-21,24H,8-9H2,1-7H3/q+1. The number of aromatic nitrogens is 1. The van der Waals surface area contributed by atoms with Gasteiger partial charge in [-0.3, -0.25) is 0 Å². The second kappa shape index (κ2) is 9.71. The Morgan fingerprint density at radius 3 is 2.17 bits per heavy atom. The highest BCUT2D eigenvalue weighted by atomic mass is 16.5. The smallest absolute Gasteiger partial charge is 0.226 e. The minimum atomic E-state index is -0.335. The number of fused-ring (bicyclic) bond motifs is 15. The van der Waals surface area contributed by atoms with Gasteiger partial charge in [-0.05, 0) is 57.0 Å². The second-order valence-electron chi connectivity index (χ2n) is 11.8. The van der Waals surface area contributed by atoms with Crippen LogP contribution in [0.15, 0.2) is 83.2 Å². The third kappa shape index (κ3) is 3.54. The van der Waals surface area contributed by atoms with Crippen molar-refractivity contribution in [2.45, 2.75) is 66.0 Å². The van der Waals surface area contributed by atoms with Crippen molar-refractivity contribution in [3.05, 3.63) is 95.5 Å². The molecule has 0 radical (unpaired) electrons. The van der Waals surface area contributed by atoms with Crippen LogP contribution in [0.3, 0.4) is 0 Å². The molecule has 2 bridgehead atoms. The number of hydrogen-bond donors (Lipinski definition) is 0. The number of ether oxygens (including phenoxy) is 2. The molecule has 1 unspecified atom stereocenters. The first-order valence-corrected chi connectivity index (χ1v) is 15.1. The molecular weight excluding hydrogens is 518 g/mol. The number of pyridine rings is 1. The van der Waals surface area contributed by atoms with E-state index in [2.05, 4.69) is 92.9 Å². The fourth-order valence-electron chi connectivity index (χ4n) is 7.30. The van der Waals surface area contributed by atoms with E-state index in [0.29, 0.717) is 0 Å². The predicted molar refractivity (Wildman–Crippen MR) is 173 cm³/mol. The highest BCUT2D eigenvalue weighted by molar-refractivity contribution is 6.33. The van der Waals surface area contributed by atoms with Crippen molar-refractivity contribution in [3.63, 3.8) is 0 Å². The van der Waals surface area contributed by atoms with Gasteiger partial charge in [-0.25, -0.2) is 0 Å². The molecule has 42 heavy (non-hydrogen) atoms. The first-order valence-electron chi connectivity index (χ1n) is 15.1. The average Bonchev–Trinajstić information content (AvgIpc) is 3.58. The highest BCUT2D eigenvalue weighted by Gasteiger charge is 2.51. The Morgan fingerprint density at radius 2 is 1.50 bits per heavy atom. The van der Waals surface area contributed by atoms with Crippen LogP contribution in [-0.2, 0) is 15.0 Å². The van der Waals surface area contributed by atoms with Crippen LogP contribution < -0.4 is 4.57 Å². The van der Waals surface area contributed by atoms with Crippen LogP contribution in [0.5, 0.6) is 0 Å². The normalized spacial score (nSPS) is 16.5. The number of furan rings is 2. The van der Waals surface area contributed by atoms with E-state index in [0.717, 1.165) is 29.8 Å². The summed E-state index contributed by atoms with van der Waals surface area (Å²) >= 11 is 0. The van der Waals surface area contributed by atoms with Crippen LogP contribution in [-0.4, -0.2) is 13.2 Å².